The van der Waals surface area contributed by atoms with Crippen molar-refractivity contribution in [2.75, 3.05) is 0 Å². The minimum absolute atomic E-state index is 0.0559. The summed E-state index contributed by atoms with van der Waals surface area (Å²) in [5.74, 6) is 1.39. The molecular weight excluding hydrogens is 248 g/mol. The third-order valence-electron chi connectivity index (χ3n) is 2.96. The number of aromatic nitrogens is 3. The minimum Gasteiger partial charge on any atom is -0.339 e. The summed E-state index contributed by atoms with van der Waals surface area (Å²) >= 11 is 1.62. The highest BCUT2D eigenvalue weighted by Crippen LogP contribution is 2.19. The Kier molecular flexibility index (Phi) is 4.08. The Hall–Kier alpha value is -1.27. The zero-order valence-electron chi connectivity index (χ0n) is 10.9. The molecule has 2 N–H and O–H groups in total. The first-order valence-electron chi connectivity index (χ1n) is 6.09. The number of nitrogens with zero attached hydrogens (tertiary/aromatic N) is 3. The average Bonchev–Trinajstić information content (AvgIpc) is 2.97. The van der Waals surface area contributed by atoms with E-state index in [0.29, 0.717) is 18.1 Å². The maximum atomic E-state index is 5.98. The second kappa shape index (κ2) is 5.58. The molecule has 2 atom stereocenters. The SMILES string of the molecule is CCC(N)C(C)c1nc(Cc2nc(C)cs2)no1. The van der Waals surface area contributed by atoms with Crippen molar-refractivity contribution in [3.63, 3.8) is 0 Å². The smallest absolute Gasteiger partial charge is 0.231 e. The maximum Gasteiger partial charge on any atom is 0.231 e. The third-order valence-corrected chi connectivity index (χ3v) is 3.93. The predicted octanol–water partition coefficient (Wildman–Crippen LogP) is 2.27. The highest BCUT2D eigenvalue weighted by molar-refractivity contribution is 7.09. The second-order valence-corrected chi connectivity index (χ2v) is 5.41. The van der Waals surface area contributed by atoms with Crippen LogP contribution in [0.2, 0.25) is 0 Å². The van der Waals surface area contributed by atoms with Crippen LogP contribution >= 0.6 is 11.3 Å². The minimum atomic E-state index is 0.0559. The second-order valence-electron chi connectivity index (χ2n) is 4.47. The van der Waals surface area contributed by atoms with Crippen molar-refractivity contribution >= 4 is 11.3 Å². The van der Waals surface area contributed by atoms with Crippen LogP contribution in [0.25, 0.3) is 0 Å². The fourth-order valence-electron chi connectivity index (χ4n) is 1.68. The zero-order chi connectivity index (χ0) is 13.1. The van der Waals surface area contributed by atoms with E-state index in [9.17, 15) is 0 Å². The molecular formula is C12H18N4OS. The van der Waals surface area contributed by atoms with Crippen LogP contribution in [0.3, 0.4) is 0 Å². The van der Waals surface area contributed by atoms with Gasteiger partial charge in [0.05, 0.1) is 12.3 Å². The van der Waals surface area contributed by atoms with Crippen LogP contribution in [-0.4, -0.2) is 21.2 Å². The summed E-state index contributed by atoms with van der Waals surface area (Å²) in [5, 5.41) is 7.01. The van der Waals surface area contributed by atoms with E-state index in [4.69, 9.17) is 10.3 Å². The molecule has 6 heteroatoms. The van der Waals surface area contributed by atoms with Crippen LogP contribution < -0.4 is 5.73 Å². The van der Waals surface area contributed by atoms with Crippen LogP contribution in [0, 0.1) is 6.92 Å². The number of hydrogen-bond donors (Lipinski definition) is 1. The Bertz CT molecular complexity index is 508. The molecule has 0 saturated heterocycles. The fraction of sp³-hybridized carbons (Fsp3) is 0.583. The fourth-order valence-corrected chi connectivity index (χ4v) is 2.45. The highest BCUT2D eigenvalue weighted by atomic mass is 32.1. The molecule has 98 valence electrons. The predicted molar refractivity (Wildman–Crippen MR) is 70.6 cm³/mol. The standard InChI is InChI=1S/C12H18N4OS/c1-4-9(13)8(3)12-15-10(16-17-12)5-11-14-7(2)6-18-11/h6,8-9H,4-5,13H2,1-3H3. The van der Waals surface area contributed by atoms with Crippen LogP contribution in [0.5, 0.6) is 0 Å². The molecule has 2 aromatic heterocycles. The van der Waals surface area contributed by atoms with Gasteiger partial charge in [0, 0.05) is 17.1 Å². The van der Waals surface area contributed by atoms with Crippen molar-refractivity contribution in [2.24, 2.45) is 5.73 Å². The molecule has 2 aromatic rings. The van der Waals surface area contributed by atoms with E-state index in [0.717, 1.165) is 17.1 Å². The van der Waals surface area contributed by atoms with E-state index in [2.05, 4.69) is 22.0 Å². The van der Waals surface area contributed by atoms with Gasteiger partial charge in [-0.3, -0.25) is 0 Å². The van der Waals surface area contributed by atoms with Gasteiger partial charge in [-0.2, -0.15) is 4.98 Å². The summed E-state index contributed by atoms with van der Waals surface area (Å²) in [4.78, 5) is 8.78. The summed E-state index contributed by atoms with van der Waals surface area (Å²) in [6, 6.07) is 0.0559. The van der Waals surface area contributed by atoms with Crippen LogP contribution in [-0.2, 0) is 6.42 Å². The molecule has 0 amide bonds. The number of nitrogens with two attached hydrogens (primary N) is 1. The molecule has 0 aliphatic heterocycles. The van der Waals surface area contributed by atoms with Gasteiger partial charge in [0.1, 0.15) is 5.01 Å². The van der Waals surface area contributed by atoms with E-state index in [1.54, 1.807) is 11.3 Å². The van der Waals surface area contributed by atoms with Gasteiger partial charge in [0.25, 0.3) is 0 Å². The molecule has 2 heterocycles. The Balaban J connectivity index is 2.06. The highest BCUT2D eigenvalue weighted by Gasteiger charge is 2.20. The Labute approximate surface area is 110 Å². The van der Waals surface area contributed by atoms with Crippen molar-refractivity contribution in [3.8, 4) is 0 Å². The summed E-state index contributed by atoms with van der Waals surface area (Å²) in [7, 11) is 0. The van der Waals surface area contributed by atoms with E-state index >= 15 is 0 Å². The maximum absolute atomic E-state index is 5.98. The van der Waals surface area contributed by atoms with Gasteiger partial charge in [-0.1, -0.05) is 19.0 Å². The molecule has 0 aliphatic carbocycles. The van der Waals surface area contributed by atoms with Gasteiger partial charge in [-0.05, 0) is 13.3 Å². The van der Waals surface area contributed by atoms with E-state index < -0.39 is 0 Å². The Morgan fingerprint density at radius 2 is 2.22 bits per heavy atom. The summed E-state index contributed by atoms with van der Waals surface area (Å²) < 4.78 is 5.26. The van der Waals surface area contributed by atoms with Crippen molar-refractivity contribution in [1.29, 1.82) is 0 Å². The summed E-state index contributed by atoms with van der Waals surface area (Å²) in [6.07, 6.45) is 1.51. The number of thiazole rings is 1. The molecule has 0 radical (unpaired) electrons. The molecule has 5 nitrogen and oxygen atoms in total. The largest absolute Gasteiger partial charge is 0.339 e. The van der Waals surface area contributed by atoms with Crippen molar-refractivity contribution in [1.82, 2.24) is 15.1 Å². The topological polar surface area (TPSA) is 77.8 Å². The third kappa shape index (κ3) is 2.94. The van der Waals surface area contributed by atoms with Crippen molar-refractivity contribution < 1.29 is 4.52 Å². The lowest BCUT2D eigenvalue weighted by Crippen LogP contribution is -2.25. The first kappa shape index (κ1) is 13.2. The molecule has 2 rings (SSSR count). The summed E-state index contributed by atoms with van der Waals surface area (Å²) in [6.45, 7) is 6.04. The summed E-state index contributed by atoms with van der Waals surface area (Å²) in [5.41, 5.74) is 7.00. The Morgan fingerprint density at radius 1 is 1.44 bits per heavy atom. The number of rotatable bonds is 5. The molecule has 0 spiro atoms. The molecule has 2 unspecified atom stereocenters. The van der Waals surface area contributed by atoms with Gasteiger partial charge >= 0.3 is 0 Å². The molecule has 0 bridgehead atoms. The molecule has 0 aliphatic rings. The number of hydrogen-bond acceptors (Lipinski definition) is 6. The van der Waals surface area contributed by atoms with Gasteiger partial charge in [0.15, 0.2) is 5.82 Å². The lowest BCUT2D eigenvalue weighted by atomic mass is 10.0. The van der Waals surface area contributed by atoms with Crippen LogP contribution in [0.15, 0.2) is 9.90 Å². The van der Waals surface area contributed by atoms with Crippen molar-refractivity contribution in [3.05, 3.63) is 27.8 Å². The first-order valence-corrected chi connectivity index (χ1v) is 6.97. The van der Waals surface area contributed by atoms with Gasteiger partial charge in [0.2, 0.25) is 5.89 Å². The van der Waals surface area contributed by atoms with Gasteiger partial charge in [-0.15, -0.1) is 11.3 Å². The lowest BCUT2D eigenvalue weighted by Gasteiger charge is -2.13. The van der Waals surface area contributed by atoms with E-state index in [1.165, 1.54) is 0 Å². The quantitative estimate of drug-likeness (QED) is 0.898. The van der Waals surface area contributed by atoms with E-state index in [-0.39, 0.29) is 12.0 Å². The normalized spacial score (nSPS) is 14.7. The van der Waals surface area contributed by atoms with Crippen molar-refractivity contribution in [2.45, 2.75) is 45.6 Å². The van der Waals surface area contributed by atoms with Crippen LogP contribution in [0.1, 0.15) is 48.6 Å². The molecule has 0 aromatic carbocycles. The first-order chi connectivity index (χ1) is 8.60. The monoisotopic (exact) mass is 266 g/mol. The Morgan fingerprint density at radius 3 is 2.83 bits per heavy atom. The molecule has 18 heavy (non-hydrogen) atoms. The molecule has 0 fully saturated rings. The number of aryl methyl sites for hydroxylation is 1. The van der Waals surface area contributed by atoms with E-state index in [1.807, 2.05) is 19.2 Å². The van der Waals surface area contributed by atoms with Crippen LogP contribution in [0.4, 0.5) is 0 Å². The average molecular weight is 266 g/mol. The zero-order valence-corrected chi connectivity index (χ0v) is 11.7. The molecule has 0 saturated carbocycles. The van der Waals surface area contributed by atoms with Gasteiger partial charge < -0.3 is 10.3 Å². The lowest BCUT2D eigenvalue weighted by molar-refractivity contribution is 0.337. The van der Waals surface area contributed by atoms with Gasteiger partial charge in [-0.25, -0.2) is 4.98 Å².